The number of fused-ring (bicyclic) bond motifs is 1. The molecule has 24 heavy (non-hydrogen) atoms. The molecule has 3 rings (SSSR count). The Morgan fingerprint density at radius 1 is 1.21 bits per heavy atom. The molecular weight excluding hydrogens is 326 g/mol. The fraction of sp³-hybridized carbons (Fsp3) is 0.556. The van der Waals surface area contributed by atoms with E-state index >= 15 is 0 Å². The SMILES string of the molecule is CC(C)C[C@H]1NC(=O)[C@H]2CN(Cc3ccc(Cl)cc3)CCN2C1=O. The smallest absolute Gasteiger partial charge is 0.245 e. The number of rotatable bonds is 4. The largest absolute Gasteiger partial charge is 0.342 e. The quantitative estimate of drug-likeness (QED) is 0.903. The van der Waals surface area contributed by atoms with Crippen molar-refractivity contribution in [2.24, 2.45) is 5.92 Å². The standard InChI is InChI=1S/C18H24ClN3O2/c1-12(2)9-15-18(24)22-8-7-21(11-16(22)17(23)20-15)10-13-3-5-14(19)6-4-13/h3-6,12,15-16H,7-11H2,1-2H3,(H,20,23)/t15-,16-/m1/s1. The molecule has 0 radical (unpaired) electrons. The van der Waals surface area contributed by atoms with Crippen LogP contribution in [-0.4, -0.2) is 53.3 Å². The van der Waals surface area contributed by atoms with Crippen molar-refractivity contribution in [3.63, 3.8) is 0 Å². The summed E-state index contributed by atoms with van der Waals surface area (Å²) in [5, 5.41) is 3.63. The van der Waals surface area contributed by atoms with E-state index in [-0.39, 0.29) is 23.9 Å². The molecule has 2 atom stereocenters. The summed E-state index contributed by atoms with van der Waals surface area (Å²) >= 11 is 5.92. The van der Waals surface area contributed by atoms with E-state index in [0.717, 1.165) is 23.7 Å². The average Bonchev–Trinajstić information content (AvgIpc) is 2.54. The molecule has 1 N–H and O–H groups in total. The molecule has 2 aliphatic rings. The number of nitrogens with one attached hydrogen (secondary N) is 1. The Balaban J connectivity index is 1.64. The van der Waals surface area contributed by atoms with E-state index in [0.29, 0.717) is 25.4 Å². The third-order valence-corrected chi connectivity index (χ3v) is 4.94. The highest BCUT2D eigenvalue weighted by Crippen LogP contribution is 2.21. The molecular formula is C18H24ClN3O2. The molecule has 1 aromatic rings. The second-order valence-corrected chi connectivity index (χ2v) is 7.54. The van der Waals surface area contributed by atoms with Crippen molar-refractivity contribution < 1.29 is 9.59 Å². The van der Waals surface area contributed by atoms with Gasteiger partial charge in [0, 0.05) is 31.2 Å². The summed E-state index contributed by atoms with van der Waals surface area (Å²) in [6, 6.07) is 7.01. The first-order chi connectivity index (χ1) is 11.4. The Bertz CT molecular complexity index is 617. The highest BCUT2D eigenvalue weighted by molar-refractivity contribution is 6.30. The number of hydrogen-bond acceptors (Lipinski definition) is 3. The molecule has 0 aliphatic carbocycles. The van der Waals surface area contributed by atoms with E-state index in [1.807, 2.05) is 24.3 Å². The van der Waals surface area contributed by atoms with Crippen molar-refractivity contribution in [1.29, 1.82) is 0 Å². The van der Waals surface area contributed by atoms with Crippen LogP contribution in [0.5, 0.6) is 0 Å². The van der Waals surface area contributed by atoms with Gasteiger partial charge >= 0.3 is 0 Å². The van der Waals surface area contributed by atoms with Crippen molar-refractivity contribution >= 4 is 23.4 Å². The minimum Gasteiger partial charge on any atom is -0.342 e. The summed E-state index contributed by atoms with van der Waals surface area (Å²) in [7, 11) is 0. The molecule has 0 unspecified atom stereocenters. The van der Waals surface area contributed by atoms with Gasteiger partial charge in [-0.05, 0) is 30.0 Å². The molecule has 0 aromatic heterocycles. The van der Waals surface area contributed by atoms with Crippen LogP contribution in [0, 0.1) is 5.92 Å². The third kappa shape index (κ3) is 3.73. The molecule has 5 nitrogen and oxygen atoms in total. The van der Waals surface area contributed by atoms with Crippen LogP contribution in [-0.2, 0) is 16.1 Å². The van der Waals surface area contributed by atoms with Gasteiger partial charge in [0.15, 0.2) is 0 Å². The highest BCUT2D eigenvalue weighted by atomic mass is 35.5. The Kier molecular flexibility index (Phi) is 5.11. The van der Waals surface area contributed by atoms with Crippen LogP contribution in [0.2, 0.25) is 5.02 Å². The first-order valence-electron chi connectivity index (χ1n) is 8.51. The molecule has 130 valence electrons. The van der Waals surface area contributed by atoms with Crippen LogP contribution in [0.25, 0.3) is 0 Å². The maximum Gasteiger partial charge on any atom is 0.245 e. The molecule has 2 fully saturated rings. The van der Waals surface area contributed by atoms with Gasteiger partial charge in [0.25, 0.3) is 0 Å². The molecule has 0 bridgehead atoms. The molecule has 2 saturated heterocycles. The van der Waals surface area contributed by atoms with Gasteiger partial charge in [-0.1, -0.05) is 37.6 Å². The van der Waals surface area contributed by atoms with Gasteiger partial charge in [0.05, 0.1) is 0 Å². The van der Waals surface area contributed by atoms with Gasteiger partial charge in [0.2, 0.25) is 11.8 Å². The van der Waals surface area contributed by atoms with E-state index in [9.17, 15) is 9.59 Å². The van der Waals surface area contributed by atoms with E-state index in [1.54, 1.807) is 4.90 Å². The molecule has 2 heterocycles. The van der Waals surface area contributed by atoms with Gasteiger partial charge in [0.1, 0.15) is 12.1 Å². The number of carbonyl (C=O) groups is 2. The first kappa shape index (κ1) is 17.2. The van der Waals surface area contributed by atoms with Crippen molar-refractivity contribution in [2.75, 3.05) is 19.6 Å². The molecule has 0 spiro atoms. The van der Waals surface area contributed by atoms with Crippen LogP contribution in [0.15, 0.2) is 24.3 Å². The van der Waals surface area contributed by atoms with Gasteiger partial charge in [-0.15, -0.1) is 0 Å². The van der Waals surface area contributed by atoms with Crippen LogP contribution in [0.4, 0.5) is 0 Å². The first-order valence-corrected chi connectivity index (χ1v) is 8.89. The van der Waals surface area contributed by atoms with Crippen molar-refractivity contribution in [3.8, 4) is 0 Å². The van der Waals surface area contributed by atoms with Crippen molar-refractivity contribution in [3.05, 3.63) is 34.9 Å². The van der Waals surface area contributed by atoms with Crippen LogP contribution in [0.3, 0.4) is 0 Å². The maximum absolute atomic E-state index is 12.6. The van der Waals surface area contributed by atoms with Gasteiger partial charge in [-0.25, -0.2) is 0 Å². The fourth-order valence-electron chi connectivity index (χ4n) is 3.48. The Morgan fingerprint density at radius 2 is 1.92 bits per heavy atom. The minimum absolute atomic E-state index is 0.0268. The van der Waals surface area contributed by atoms with E-state index in [2.05, 4.69) is 24.1 Å². The summed E-state index contributed by atoms with van der Waals surface area (Å²) in [6.45, 7) is 6.86. The number of carbonyl (C=O) groups excluding carboxylic acids is 2. The van der Waals surface area contributed by atoms with Gasteiger partial charge in [-0.2, -0.15) is 0 Å². The molecule has 6 heteroatoms. The van der Waals surface area contributed by atoms with Crippen LogP contribution < -0.4 is 5.32 Å². The zero-order valence-electron chi connectivity index (χ0n) is 14.2. The number of benzene rings is 1. The summed E-state index contributed by atoms with van der Waals surface area (Å²) < 4.78 is 0. The number of hydrogen-bond donors (Lipinski definition) is 1. The second-order valence-electron chi connectivity index (χ2n) is 7.10. The molecule has 0 saturated carbocycles. The molecule has 2 amide bonds. The van der Waals surface area contributed by atoms with Gasteiger partial charge in [-0.3, -0.25) is 14.5 Å². The lowest BCUT2D eigenvalue weighted by atomic mass is 9.97. The third-order valence-electron chi connectivity index (χ3n) is 4.69. The summed E-state index contributed by atoms with van der Waals surface area (Å²) in [5.41, 5.74) is 1.16. The monoisotopic (exact) mass is 349 g/mol. The zero-order valence-corrected chi connectivity index (χ0v) is 14.9. The molecule has 1 aromatic carbocycles. The Labute approximate surface area is 147 Å². The Hall–Kier alpha value is -1.59. The van der Waals surface area contributed by atoms with Crippen LogP contribution in [0.1, 0.15) is 25.8 Å². The predicted molar refractivity (Wildman–Crippen MR) is 93.6 cm³/mol. The lowest BCUT2D eigenvalue weighted by Crippen LogP contribution is -2.69. The lowest BCUT2D eigenvalue weighted by molar-refractivity contribution is -0.153. The maximum atomic E-state index is 12.6. The topological polar surface area (TPSA) is 52.7 Å². The lowest BCUT2D eigenvalue weighted by Gasteiger charge is -2.45. The minimum atomic E-state index is -0.373. The normalized spacial score (nSPS) is 24.9. The Morgan fingerprint density at radius 3 is 2.58 bits per heavy atom. The van der Waals surface area contributed by atoms with Gasteiger partial charge < -0.3 is 10.2 Å². The number of piperazine rings is 2. The van der Waals surface area contributed by atoms with E-state index < -0.39 is 0 Å². The highest BCUT2D eigenvalue weighted by Gasteiger charge is 2.43. The van der Waals surface area contributed by atoms with E-state index in [4.69, 9.17) is 11.6 Å². The number of amides is 2. The predicted octanol–water partition coefficient (Wildman–Crippen LogP) is 1.90. The number of nitrogens with zero attached hydrogens (tertiary/aromatic N) is 2. The zero-order chi connectivity index (χ0) is 17.3. The van der Waals surface area contributed by atoms with E-state index in [1.165, 1.54) is 0 Å². The molecule has 2 aliphatic heterocycles. The van der Waals surface area contributed by atoms with Crippen molar-refractivity contribution in [1.82, 2.24) is 15.1 Å². The summed E-state index contributed by atoms with van der Waals surface area (Å²) in [4.78, 5) is 29.1. The van der Waals surface area contributed by atoms with Crippen molar-refractivity contribution in [2.45, 2.75) is 38.9 Å². The second kappa shape index (κ2) is 7.11. The summed E-state index contributed by atoms with van der Waals surface area (Å²) in [5.74, 6) is 0.419. The fourth-order valence-corrected chi connectivity index (χ4v) is 3.61. The summed E-state index contributed by atoms with van der Waals surface area (Å²) in [6.07, 6.45) is 0.697. The average molecular weight is 350 g/mol. The van der Waals surface area contributed by atoms with Crippen LogP contribution >= 0.6 is 11.6 Å². The number of halogens is 1.